The molecule has 26 heavy (non-hydrogen) atoms. The van der Waals surface area contributed by atoms with Crippen LogP contribution in [0.25, 0.3) is 0 Å². The molecule has 0 aromatic heterocycles. The fourth-order valence-electron chi connectivity index (χ4n) is 6.21. The average molecular weight is 357 g/mol. The van der Waals surface area contributed by atoms with Crippen LogP contribution >= 0.6 is 0 Å². The molecule has 0 amide bonds. The van der Waals surface area contributed by atoms with Gasteiger partial charge in [0.05, 0.1) is 0 Å². The van der Waals surface area contributed by atoms with Crippen LogP contribution in [-0.4, -0.2) is 0 Å². The van der Waals surface area contributed by atoms with Crippen molar-refractivity contribution in [3.05, 3.63) is 24.8 Å². The Kier molecular flexibility index (Phi) is 8.34. The maximum atomic E-state index is 3.96. The van der Waals surface area contributed by atoms with Crippen LogP contribution in [0.4, 0.5) is 0 Å². The summed E-state index contributed by atoms with van der Waals surface area (Å²) in [4.78, 5) is 0. The first-order valence-electron chi connectivity index (χ1n) is 12.1. The topological polar surface area (TPSA) is 0 Å². The highest BCUT2D eigenvalue weighted by atomic mass is 14.4. The maximum absolute atomic E-state index is 3.96. The van der Waals surface area contributed by atoms with Crippen LogP contribution in [0.2, 0.25) is 0 Å². The predicted octanol–water partition coefficient (Wildman–Crippen LogP) is 8.34. The number of hydrogen-bond acceptors (Lipinski definition) is 0. The minimum atomic E-state index is 0.798. The van der Waals surface area contributed by atoms with Crippen molar-refractivity contribution in [2.75, 3.05) is 0 Å². The van der Waals surface area contributed by atoms with Gasteiger partial charge in [0.1, 0.15) is 0 Å². The van der Waals surface area contributed by atoms with Gasteiger partial charge in [-0.2, -0.15) is 0 Å². The van der Waals surface area contributed by atoms with Crippen LogP contribution in [0.3, 0.4) is 0 Å². The van der Waals surface area contributed by atoms with E-state index < -0.39 is 0 Å². The van der Waals surface area contributed by atoms with E-state index in [1.54, 1.807) is 25.7 Å². The second-order valence-electron chi connectivity index (χ2n) is 9.89. The molecule has 0 aromatic carbocycles. The summed E-state index contributed by atoms with van der Waals surface area (Å²) < 4.78 is 0. The number of hydrogen-bond donors (Lipinski definition) is 0. The van der Waals surface area contributed by atoms with Crippen molar-refractivity contribution in [1.29, 1.82) is 0 Å². The van der Waals surface area contributed by atoms with Gasteiger partial charge >= 0.3 is 0 Å². The van der Waals surface area contributed by atoms with Gasteiger partial charge in [-0.05, 0) is 99.7 Å². The molecule has 3 saturated carbocycles. The Morgan fingerprint density at radius 3 is 1.77 bits per heavy atom. The quantitative estimate of drug-likeness (QED) is 0.402. The van der Waals surface area contributed by atoms with Crippen LogP contribution < -0.4 is 0 Å². The Balaban J connectivity index is 1.27. The molecule has 0 N–H and O–H groups in total. The molecule has 0 aromatic rings. The fourth-order valence-corrected chi connectivity index (χ4v) is 6.21. The molecule has 0 radical (unpaired) electrons. The SMILES string of the molecule is C=CC1CCC(C=CCCC2CCC(C3CCC(CC)CC3)CC2)CC1. The van der Waals surface area contributed by atoms with Crippen LogP contribution in [0, 0.1) is 35.5 Å². The zero-order valence-corrected chi connectivity index (χ0v) is 17.5. The predicted molar refractivity (Wildman–Crippen MR) is 115 cm³/mol. The van der Waals surface area contributed by atoms with Crippen molar-refractivity contribution in [2.24, 2.45) is 35.5 Å². The van der Waals surface area contributed by atoms with E-state index >= 15 is 0 Å². The van der Waals surface area contributed by atoms with E-state index in [0.29, 0.717) is 0 Å². The molecular formula is C26H44. The van der Waals surface area contributed by atoms with Crippen molar-refractivity contribution >= 4 is 0 Å². The first-order chi connectivity index (χ1) is 12.8. The Morgan fingerprint density at radius 1 is 0.692 bits per heavy atom. The average Bonchev–Trinajstić information content (AvgIpc) is 2.72. The summed E-state index contributed by atoms with van der Waals surface area (Å²) in [5.41, 5.74) is 0. The van der Waals surface area contributed by atoms with E-state index in [9.17, 15) is 0 Å². The summed E-state index contributed by atoms with van der Waals surface area (Å²) in [5, 5.41) is 0. The molecule has 0 saturated heterocycles. The van der Waals surface area contributed by atoms with Gasteiger partial charge in [-0.15, -0.1) is 6.58 Å². The zero-order chi connectivity index (χ0) is 18.2. The molecule has 3 fully saturated rings. The lowest BCUT2D eigenvalue weighted by Crippen LogP contribution is -2.25. The summed E-state index contributed by atoms with van der Waals surface area (Å²) in [6.07, 6.45) is 29.2. The van der Waals surface area contributed by atoms with Gasteiger partial charge in [0.25, 0.3) is 0 Å². The van der Waals surface area contributed by atoms with Gasteiger partial charge in [-0.1, -0.05) is 57.3 Å². The molecule has 0 spiro atoms. The van der Waals surface area contributed by atoms with E-state index in [1.165, 1.54) is 70.6 Å². The fraction of sp³-hybridized carbons (Fsp3) is 0.846. The first-order valence-corrected chi connectivity index (χ1v) is 12.1. The second kappa shape index (κ2) is 10.7. The molecule has 0 atom stereocenters. The summed E-state index contributed by atoms with van der Waals surface area (Å²) in [5.74, 6) is 5.91. The summed E-state index contributed by atoms with van der Waals surface area (Å²) >= 11 is 0. The molecule has 3 aliphatic rings. The van der Waals surface area contributed by atoms with Gasteiger partial charge in [0.15, 0.2) is 0 Å². The normalized spacial score (nSPS) is 39.1. The van der Waals surface area contributed by atoms with E-state index in [4.69, 9.17) is 0 Å². The minimum Gasteiger partial charge on any atom is -0.103 e. The van der Waals surface area contributed by atoms with Crippen molar-refractivity contribution in [1.82, 2.24) is 0 Å². The van der Waals surface area contributed by atoms with E-state index in [2.05, 4.69) is 31.7 Å². The lowest BCUT2D eigenvalue weighted by atomic mass is 9.68. The van der Waals surface area contributed by atoms with Gasteiger partial charge in [0, 0.05) is 0 Å². The summed E-state index contributed by atoms with van der Waals surface area (Å²) in [6.45, 7) is 6.35. The van der Waals surface area contributed by atoms with Gasteiger partial charge in [-0.25, -0.2) is 0 Å². The highest BCUT2D eigenvalue weighted by Gasteiger charge is 2.30. The van der Waals surface area contributed by atoms with Crippen LogP contribution in [0.5, 0.6) is 0 Å². The van der Waals surface area contributed by atoms with Gasteiger partial charge < -0.3 is 0 Å². The third-order valence-electron chi connectivity index (χ3n) is 8.33. The smallest absolute Gasteiger partial charge is 0.0233 e. The summed E-state index contributed by atoms with van der Waals surface area (Å²) in [7, 11) is 0. The van der Waals surface area contributed by atoms with Crippen LogP contribution in [0.15, 0.2) is 24.8 Å². The Hall–Kier alpha value is -0.520. The van der Waals surface area contributed by atoms with E-state index in [1.807, 2.05) is 0 Å². The molecule has 3 aliphatic carbocycles. The number of rotatable bonds is 7. The molecule has 0 heterocycles. The highest BCUT2D eigenvalue weighted by molar-refractivity contribution is 4.94. The zero-order valence-electron chi connectivity index (χ0n) is 17.5. The van der Waals surface area contributed by atoms with Crippen molar-refractivity contribution in [3.63, 3.8) is 0 Å². The monoisotopic (exact) mass is 356 g/mol. The van der Waals surface area contributed by atoms with Crippen molar-refractivity contribution in [2.45, 2.75) is 103 Å². The largest absolute Gasteiger partial charge is 0.103 e. The van der Waals surface area contributed by atoms with E-state index in [0.717, 1.165) is 35.5 Å². The Bertz CT molecular complexity index is 409. The molecule has 0 unspecified atom stereocenters. The standard InChI is InChI=1S/C26H44/c1-3-21-9-11-23(12-10-21)7-5-6-8-24-15-19-26(20-16-24)25-17-13-22(4-2)14-18-25/h3,5,7,21-26H,1,4,6,8-20H2,2H3. The molecule has 0 heteroatoms. The molecule has 0 nitrogen and oxygen atoms in total. The van der Waals surface area contributed by atoms with Crippen molar-refractivity contribution in [3.8, 4) is 0 Å². The second-order valence-corrected chi connectivity index (χ2v) is 9.89. The minimum absolute atomic E-state index is 0.798. The Morgan fingerprint density at radius 2 is 1.23 bits per heavy atom. The molecule has 0 bridgehead atoms. The number of allylic oxidation sites excluding steroid dienone is 3. The lowest BCUT2D eigenvalue weighted by Gasteiger charge is -2.37. The van der Waals surface area contributed by atoms with Gasteiger partial charge in [-0.3, -0.25) is 0 Å². The van der Waals surface area contributed by atoms with Crippen LogP contribution in [0.1, 0.15) is 103 Å². The maximum Gasteiger partial charge on any atom is -0.0233 e. The van der Waals surface area contributed by atoms with Crippen LogP contribution in [-0.2, 0) is 0 Å². The molecule has 148 valence electrons. The molecular weight excluding hydrogens is 312 g/mol. The molecule has 3 rings (SSSR count). The van der Waals surface area contributed by atoms with Crippen molar-refractivity contribution < 1.29 is 0 Å². The molecule has 0 aliphatic heterocycles. The first kappa shape index (κ1) is 20.2. The summed E-state index contributed by atoms with van der Waals surface area (Å²) in [6, 6.07) is 0. The third-order valence-corrected chi connectivity index (χ3v) is 8.33. The third kappa shape index (κ3) is 6.00. The Labute approximate surface area is 163 Å². The lowest BCUT2D eigenvalue weighted by molar-refractivity contribution is 0.143. The van der Waals surface area contributed by atoms with Gasteiger partial charge in [0.2, 0.25) is 0 Å². The van der Waals surface area contributed by atoms with E-state index in [-0.39, 0.29) is 0 Å². The highest BCUT2D eigenvalue weighted by Crippen LogP contribution is 2.42.